The van der Waals surface area contributed by atoms with E-state index in [0.717, 1.165) is 21.1 Å². The van der Waals surface area contributed by atoms with Gasteiger partial charge in [0.1, 0.15) is 5.00 Å². The summed E-state index contributed by atoms with van der Waals surface area (Å²) in [5.41, 5.74) is 0.301. The van der Waals surface area contributed by atoms with E-state index in [1.165, 1.54) is 19.1 Å². The first kappa shape index (κ1) is 11.5. The van der Waals surface area contributed by atoms with Gasteiger partial charge in [0.15, 0.2) is 0 Å². The minimum Gasteiger partial charge on any atom is -0.478 e. The molecule has 2 amide bonds. The zero-order chi connectivity index (χ0) is 12.7. The number of rotatable bonds is 2. The van der Waals surface area contributed by atoms with Crippen LogP contribution in [0.4, 0.5) is 5.00 Å². The van der Waals surface area contributed by atoms with Crippen molar-refractivity contribution in [2.75, 3.05) is 4.90 Å². The molecule has 0 aliphatic carbocycles. The van der Waals surface area contributed by atoms with Gasteiger partial charge in [0.05, 0.1) is 5.56 Å². The van der Waals surface area contributed by atoms with E-state index in [2.05, 4.69) is 0 Å². The molecule has 0 radical (unpaired) electrons. The molecule has 1 aromatic heterocycles. The molecular formula is C11H9NO4S. The number of aromatic carboxylic acids is 1. The Morgan fingerprint density at radius 1 is 1.35 bits per heavy atom. The van der Waals surface area contributed by atoms with Gasteiger partial charge in [0.25, 0.3) is 11.8 Å². The van der Waals surface area contributed by atoms with Gasteiger partial charge in [-0.1, -0.05) is 0 Å². The van der Waals surface area contributed by atoms with E-state index in [9.17, 15) is 14.4 Å². The van der Waals surface area contributed by atoms with Gasteiger partial charge in [-0.05, 0) is 19.9 Å². The molecule has 1 aliphatic heterocycles. The molecule has 0 atom stereocenters. The van der Waals surface area contributed by atoms with Crippen LogP contribution in [0.15, 0.2) is 17.7 Å². The Hall–Kier alpha value is -1.95. The van der Waals surface area contributed by atoms with Gasteiger partial charge in [-0.15, -0.1) is 11.3 Å². The highest BCUT2D eigenvalue weighted by Gasteiger charge is 2.33. The van der Waals surface area contributed by atoms with Crippen LogP contribution < -0.4 is 4.90 Å². The first-order valence-corrected chi connectivity index (χ1v) is 5.64. The largest absolute Gasteiger partial charge is 0.478 e. The fourth-order valence-electron chi connectivity index (χ4n) is 1.60. The van der Waals surface area contributed by atoms with Crippen molar-refractivity contribution in [3.8, 4) is 0 Å². The molecule has 0 spiro atoms. The Morgan fingerprint density at radius 3 is 2.47 bits per heavy atom. The Kier molecular flexibility index (Phi) is 2.59. The lowest BCUT2D eigenvalue weighted by Gasteiger charge is -2.12. The molecule has 2 heterocycles. The fraction of sp³-hybridized carbons (Fsp3) is 0.182. The summed E-state index contributed by atoms with van der Waals surface area (Å²) >= 11 is 1.12. The topological polar surface area (TPSA) is 74.7 Å². The summed E-state index contributed by atoms with van der Waals surface area (Å²) in [4.78, 5) is 36.1. The van der Waals surface area contributed by atoms with Crippen molar-refractivity contribution in [2.24, 2.45) is 0 Å². The third-order valence-electron chi connectivity index (χ3n) is 2.37. The minimum absolute atomic E-state index is 0.0164. The van der Waals surface area contributed by atoms with Gasteiger partial charge in [-0.2, -0.15) is 0 Å². The van der Waals surface area contributed by atoms with Gasteiger partial charge in [-0.3, -0.25) is 9.59 Å². The number of imide groups is 1. The number of hydrogen-bond donors (Lipinski definition) is 1. The number of carbonyl (C=O) groups excluding carboxylic acids is 2. The third kappa shape index (κ3) is 1.76. The lowest BCUT2D eigenvalue weighted by molar-refractivity contribution is -0.120. The van der Waals surface area contributed by atoms with Crippen molar-refractivity contribution >= 4 is 34.1 Å². The van der Waals surface area contributed by atoms with E-state index >= 15 is 0 Å². The predicted molar refractivity (Wildman–Crippen MR) is 62.3 cm³/mol. The number of carbonyl (C=O) groups is 3. The maximum absolute atomic E-state index is 11.8. The average Bonchev–Trinajstić information content (AvgIpc) is 2.70. The van der Waals surface area contributed by atoms with Gasteiger partial charge < -0.3 is 5.11 Å². The molecule has 0 aromatic carbocycles. The summed E-state index contributed by atoms with van der Waals surface area (Å²) in [6.45, 7) is 3.26. The Balaban J connectivity index is 2.52. The molecule has 5 nitrogen and oxygen atoms in total. The quantitative estimate of drug-likeness (QED) is 0.810. The number of thiophene rings is 1. The predicted octanol–water partition coefficient (Wildman–Crippen LogP) is 1.57. The van der Waals surface area contributed by atoms with Gasteiger partial charge in [0.2, 0.25) is 0 Å². The molecule has 0 bridgehead atoms. The van der Waals surface area contributed by atoms with Crippen LogP contribution in [-0.2, 0) is 9.59 Å². The third-order valence-corrected chi connectivity index (χ3v) is 3.41. The normalized spacial score (nSPS) is 15.4. The number of carboxylic acid groups (broad SMARTS) is 1. The number of amides is 2. The lowest BCUT2D eigenvalue weighted by Crippen LogP contribution is -2.30. The molecule has 0 saturated heterocycles. The highest BCUT2D eigenvalue weighted by molar-refractivity contribution is 7.17. The minimum atomic E-state index is -1.14. The van der Waals surface area contributed by atoms with E-state index in [0.29, 0.717) is 5.57 Å². The van der Waals surface area contributed by atoms with E-state index < -0.39 is 17.8 Å². The second-order valence-corrected chi connectivity index (χ2v) is 4.92. The van der Waals surface area contributed by atoms with Crippen molar-refractivity contribution in [1.29, 1.82) is 0 Å². The first-order valence-electron chi connectivity index (χ1n) is 4.82. The van der Waals surface area contributed by atoms with Crippen molar-refractivity contribution < 1.29 is 19.5 Å². The first-order chi connectivity index (χ1) is 7.91. The zero-order valence-electron chi connectivity index (χ0n) is 9.18. The van der Waals surface area contributed by atoms with E-state index in [1.807, 2.05) is 0 Å². The number of carboxylic acids is 1. The van der Waals surface area contributed by atoms with Crippen molar-refractivity contribution in [1.82, 2.24) is 0 Å². The van der Waals surface area contributed by atoms with Gasteiger partial charge in [0, 0.05) is 16.5 Å². The fourth-order valence-corrected chi connectivity index (χ4v) is 2.60. The zero-order valence-corrected chi connectivity index (χ0v) is 10.00. The standard InChI is InChI=1S/C11H9NO4S/c1-5-3-8(13)12(9(5)14)10-7(11(15)16)4-6(2)17-10/h3-4H,1-2H3,(H,15,16). The van der Waals surface area contributed by atoms with Crippen LogP contribution in [0.2, 0.25) is 0 Å². The van der Waals surface area contributed by atoms with E-state index in [1.54, 1.807) is 6.92 Å². The summed E-state index contributed by atoms with van der Waals surface area (Å²) < 4.78 is 0. The lowest BCUT2D eigenvalue weighted by atomic mass is 10.3. The molecule has 17 heavy (non-hydrogen) atoms. The maximum atomic E-state index is 11.8. The highest BCUT2D eigenvalue weighted by atomic mass is 32.1. The summed E-state index contributed by atoms with van der Waals surface area (Å²) in [5, 5.41) is 9.20. The van der Waals surface area contributed by atoms with Crippen molar-refractivity contribution in [2.45, 2.75) is 13.8 Å². The van der Waals surface area contributed by atoms with E-state index in [-0.39, 0.29) is 10.6 Å². The molecule has 88 valence electrons. The van der Waals surface area contributed by atoms with Crippen LogP contribution in [0, 0.1) is 6.92 Å². The summed E-state index contributed by atoms with van der Waals surface area (Å²) in [5.74, 6) is -2.09. The number of hydrogen-bond acceptors (Lipinski definition) is 4. The molecular weight excluding hydrogens is 242 g/mol. The molecule has 0 unspecified atom stereocenters. The molecule has 1 N–H and O–H groups in total. The van der Waals surface area contributed by atoms with Crippen LogP contribution in [0.3, 0.4) is 0 Å². The van der Waals surface area contributed by atoms with Crippen molar-refractivity contribution in [3.63, 3.8) is 0 Å². The molecule has 0 fully saturated rings. The van der Waals surface area contributed by atoms with Crippen LogP contribution in [0.5, 0.6) is 0 Å². The Morgan fingerprint density at radius 2 is 2.00 bits per heavy atom. The molecule has 6 heteroatoms. The Bertz CT molecular complexity index is 570. The van der Waals surface area contributed by atoms with Gasteiger partial charge >= 0.3 is 5.97 Å². The molecule has 1 aliphatic rings. The van der Waals surface area contributed by atoms with E-state index in [4.69, 9.17) is 5.11 Å². The second-order valence-electron chi connectivity index (χ2n) is 3.69. The smallest absolute Gasteiger partial charge is 0.338 e. The summed E-state index contributed by atoms with van der Waals surface area (Å²) in [7, 11) is 0. The molecule has 0 saturated carbocycles. The maximum Gasteiger partial charge on any atom is 0.338 e. The number of nitrogens with zero attached hydrogens (tertiary/aromatic N) is 1. The van der Waals surface area contributed by atoms with Crippen molar-refractivity contribution in [3.05, 3.63) is 28.2 Å². The monoisotopic (exact) mass is 251 g/mol. The highest BCUT2D eigenvalue weighted by Crippen LogP contribution is 2.34. The van der Waals surface area contributed by atoms with Crippen LogP contribution in [0.1, 0.15) is 22.2 Å². The molecule has 2 rings (SSSR count). The summed E-state index contributed by atoms with van der Waals surface area (Å²) in [6.07, 6.45) is 1.21. The molecule has 1 aromatic rings. The summed E-state index contributed by atoms with van der Waals surface area (Å²) in [6, 6.07) is 1.45. The number of anilines is 1. The van der Waals surface area contributed by atoms with Gasteiger partial charge in [-0.25, -0.2) is 9.69 Å². The number of aryl methyl sites for hydroxylation is 1. The SMILES string of the molecule is CC1=CC(=O)N(c2sc(C)cc2C(=O)O)C1=O. The second kappa shape index (κ2) is 3.81. The Labute approximate surface area is 101 Å². The van der Waals surface area contributed by atoms with Crippen LogP contribution >= 0.6 is 11.3 Å². The van der Waals surface area contributed by atoms with Crippen LogP contribution in [0.25, 0.3) is 0 Å². The van der Waals surface area contributed by atoms with Crippen LogP contribution in [-0.4, -0.2) is 22.9 Å². The average molecular weight is 251 g/mol.